The van der Waals surface area contributed by atoms with E-state index < -0.39 is 0 Å². The van der Waals surface area contributed by atoms with E-state index in [2.05, 4.69) is 94.4 Å². The summed E-state index contributed by atoms with van der Waals surface area (Å²) >= 11 is 0. The summed E-state index contributed by atoms with van der Waals surface area (Å²) in [7, 11) is -0.388. The van der Waals surface area contributed by atoms with Gasteiger partial charge in [-0.15, -0.1) is 0 Å². The second-order valence-corrected chi connectivity index (χ2v) is 9.66. The number of para-hydroxylation sites is 1. The van der Waals surface area contributed by atoms with Gasteiger partial charge in [-0.05, 0) is 61.8 Å². The van der Waals surface area contributed by atoms with Crippen molar-refractivity contribution in [3.63, 3.8) is 0 Å². The first-order chi connectivity index (χ1) is 15.3. The predicted octanol–water partition coefficient (Wildman–Crippen LogP) is 6.71. The van der Waals surface area contributed by atoms with Crippen molar-refractivity contribution in [2.75, 3.05) is 0 Å². The van der Waals surface area contributed by atoms with Crippen LogP contribution in [0.25, 0.3) is 43.8 Å². The largest absolute Gasteiger partial charge is 0.494 e. The highest BCUT2D eigenvalue weighted by molar-refractivity contribution is 6.62. The van der Waals surface area contributed by atoms with Crippen molar-refractivity contribution in [2.24, 2.45) is 0 Å². The normalized spacial score (nSPS) is 17.6. The van der Waals surface area contributed by atoms with E-state index in [1.165, 1.54) is 0 Å². The summed E-state index contributed by atoms with van der Waals surface area (Å²) in [5.74, 6) is 0. The number of rotatable bonds is 2. The molecule has 3 nitrogen and oxygen atoms in total. The Morgan fingerprint density at radius 1 is 0.688 bits per heavy atom. The van der Waals surface area contributed by atoms with Crippen LogP contribution in [-0.4, -0.2) is 18.3 Å². The molecule has 0 atom stereocenters. The van der Waals surface area contributed by atoms with E-state index in [-0.39, 0.29) is 18.3 Å². The number of hydrogen-bond donors (Lipinski definition) is 0. The molecule has 1 fully saturated rings. The van der Waals surface area contributed by atoms with Gasteiger partial charge < -0.3 is 13.7 Å². The lowest BCUT2D eigenvalue weighted by Gasteiger charge is -2.32. The Balaban J connectivity index is 1.54. The minimum absolute atomic E-state index is 0.368. The highest BCUT2D eigenvalue weighted by atomic mass is 16.7. The fourth-order valence-electron chi connectivity index (χ4n) is 4.62. The van der Waals surface area contributed by atoms with Crippen LogP contribution in [-0.2, 0) is 9.31 Å². The van der Waals surface area contributed by atoms with Crippen LogP contribution in [0.3, 0.4) is 0 Å². The van der Waals surface area contributed by atoms with Gasteiger partial charge in [0.05, 0.1) is 11.2 Å². The molecule has 0 unspecified atom stereocenters. The number of hydrogen-bond acceptors (Lipinski definition) is 3. The Bertz CT molecular complexity index is 1480. The summed E-state index contributed by atoms with van der Waals surface area (Å²) in [4.78, 5) is 0. The molecule has 0 N–H and O–H groups in total. The molecule has 0 spiro atoms. The first-order valence-corrected chi connectivity index (χ1v) is 11.1. The zero-order chi connectivity index (χ0) is 22.1. The summed E-state index contributed by atoms with van der Waals surface area (Å²) in [5, 5.41) is 4.58. The lowest BCUT2D eigenvalue weighted by atomic mass is 9.77. The van der Waals surface area contributed by atoms with Crippen molar-refractivity contribution in [2.45, 2.75) is 38.9 Å². The van der Waals surface area contributed by atoms with Gasteiger partial charge in [0.25, 0.3) is 0 Å². The van der Waals surface area contributed by atoms with Crippen molar-refractivity contribution >= 4 is 45.3 Å². The molecule has 4 aromatic carbocycles. The molecule has 0 radical (unpaired) electrons. The molecule has 4 heteroatoms. The van der Waals surface area contributed by atoms with E-state index in [4.69, 9.17) is 13.7 Å². The Labute approximate surface area is 188 Å². The van der Waals surface area contributed by atoms with Gasteiger partial charge in [0.1, 0.15) is 11.2 Å². The van der Waals surface area contributed by atoms with Crippen molar-refractivity contribution in [3.05, 3.63) is 78.9 Å². The highest BCUT2D eigenvalue weighted by Gasteiger charge is 2.51. The zero-order valence-corrected chi connectivity index (χ0v) is 18.8. The second-order valence-electron chi connectivity index (χ2n) is 9.66. The van der Waals surface area contributed by atoms with Crippen LogP contribution in [0.15, 0.2) is 83.3 Å². The van der Waals surface area contributed by atoms with Crippen LogP contribution in [0.1, 0.15) is 27.7 Å². The Morgan fingerprint density at radius 3 is 2.25 bits per heavy atom. The van der Waals surface area contributed by atoms with Gasteiger partial charge in [0, 0.05) is 16.2 Å². The minimum Gasteiger partial charge on any atom is -0.455 e. The smallest absolute Gasteiger partial charge is 0.455 e. The van der Waals surface area contributed by atoms with Gasteiger partial charge in [-0.3, -0.25) is 0 Å². The summed E-state index contributed by atoms with van der Waals surface area (Å²) in [6, 6.07) is 27.5. The number of fused-ring (bicyclic) bond motifs is 5. The van der Waals surface area contributed by atoms with Crippen LogP contribution >= 0.6 is 0 Å². The van der Waals surface area contributed by atoms with E-state index in [1.54, 1.807) is 0 Å². The highest BCUT2D eigenvalue weighted by Crippen LogP contribution is 2.39. The van der Waals surface area contributed by atoms with E-state index in [0.29, 0.717) is 0 Å². The molecule has 0 saturated carbocycles. The van der Waals surface area contributed by atoms with Crippen molar-refractivity contribution < 1.29 is 13.7 Å². The molecule has 2 heterocycles. The van der Waals surface area contributed by atoms with Crippen molar-refractivity contribution in [3.8, 4) is 11.1 Å². The maximum atomic E-state index is 6.36. The molecular formula is C28H25BO3. The summed E-state index contributed by atoms with van der Waals surface area (Å²) < 4.78 is 19.0. The van der Waals surface area contributed by atoms with Gasteiger partial charge in [-0.25, -0.2) is 0 Å². The summed E-state index contributed by atoms with van der Waals surface area (Å²) in [6.45, 7) is 8.33. The Kier molecular flexibility index (Phi) is 4.11. The number of benzene rings is 4. The molecule has 1 aromatic heterocycles. The summed E-state index contributed by atoms with van der Waals surface area (Å²) in [6.07, 6.45) is 0. The average Bonchev–Trinajstić information content (AvgIpc) is 3.27. The monoisotopic (exact) mass is 420 g/mol. The van der Waals surface area contributed by atoms with E-state index in [0.717, 1.165) is 49.3 Å². The fourth-order valence-corrected chi connectivity index (χ4v) is 4.62. The van der Waals surface area contributed by atoms with Crippen molar-refractivity contribution in [1.82, 2.24) is 0 Å². The Hall–Kier alpha value is -3.08. The molecule has 0 bridgehead atoms. The third kappa shape index (κ3) is 2.83. The van der Waals surface area contributed by atoms with Crippen LogP contribution in [0.4, 0.5) is 0 Å². The maximum absolute atomic E-state index is 6.36. The fraction of sp³-hybridized carbons (Fsp3) is 0.214. The second kappa shape index (κ2) is 6.71. The maximum Gasteiger partial charge on any atom is 0.494 e. The first kappa shape index (κ1) is 19.6. The third-order valence-electron chi connectivity index (χ3n) is 7.11. The van der Waals surface area contributed by atoms with Crippen LogP contribution < -0.4 is 5.46 Å². The lowest BCUT2D eigenvalue weighted by Crippen LogP contribution is -2.41. The topological polar surface area (TPSA) is 31.6 Å². The van der Waals surface area contributed by atoms with E-state index in [9.17, 15) is 0 Å². The molecule has 1 aliphatic rings. The molecule has 6 rings (SSSR count). The van der Waals surface area contributed by atoms with Gasteiger partial charge in [0.15, 0.2) is 0 Å². The first-order valence-electron chi connectivity index (χ1n) is 11.1. The molecule has 1 saturated heterocycles. The van der Waals surface area contributed by atoms with E-state index in [1.807, 2.05) is 12.1 Å². The summed E-state index contributed by atoms with van der Waals surface area (Å²) in [5.41, 5.74) is 4.40. The van der Waals surface area contributed by atoms with Crippen molar-refractivity contribution in [1.29, 1.82) is 0 Å². The molecule has 1 aliphatic heterocycles. The van der Waals surface area contributed by atoms with Gasteiger partial charge >= 0.3 is 7.12 Å². The van der Waals surface area contributed by atoms with E-state index >= 15 is 0 Å². The SMILES string of the molecule is CC1(C)OB(c2cccc(-c3cccc4ccc5c6ccccc6oc5c34)c2)OC1(C)C. The van der Waals surface area contributed by atoms with Crippen LogP contribution in [0.5, 0.6) is 0 Å². The third-order valence-corrected chi connectivity index (χ3v) is 7.11. The van der Waals surface area contributed by atoms with Gasteiger partial charge in [-0.1, -0.05) is 66.7 Å². The minimum atomic E-state index is -0.388. The van der Waals surface area contributed by atoms with Gasteiger partial charge in [-0.2, -0.15) is 0 Å². The molecule has 5 aromatic rings. The molecular weight excluding hydrogens is 395 g/mol. The molecule has 0 aliphatic carbocycles. The number of furan rings is 1. The molecule has 158 valence electrons. The zero-order valence-electron chi connectivity index (χ0n) is 18.8. The van der Waals surface area contributed by atoms with Crippen LogP contribution in [0, 0.1) is 0 Å². The lowest BCUT2D eigenvalue weighted by molar-refractivity contribution is 0.00578. The molecule has 32 heavy (non-hydrogen) atoms. The van der Waals surface area contributed by atoms with Crippen LogP contribution in [0.2, 0.25) is 0 Å². The molecule has 0 amide bonds. The standard InChI is InChI=1S/C28H25BO3/c1-27(2)28(3,4)32-29(31-27)20-11-7-10-19(17-20)21-13-8-9-18-15-16-23-22-12-5-6-14-24(22)30-26(23)25(18)21/h5-17H,1-4H3. The average molecular weight is 420 g/mol. The van der Waals surface area contributed by atoms with Gasteiger partial charge in [0.2, 0.25) is 0 Å². The Morgan fingerprint density at radius 2 is 1.44 bits per heavy atom. The predicted molar refractivity (Wildman–Crippen MR) is 132 cm³/mol. The quantitative estimate of drug-likeness (QED) is 0.298.